The number of hydrogen-bond donors (Lipinski definition) is 2. The molecule has 1 rings (SSSR count). The summed E-state index contributed by atoms with van der Waals surface area (Å²) in [5.41, 5.74) is 3.03. The Morgan fingerprint density at radius 3 is 2.68 bits per heavy atom. The highest BCUT2D eigenvalue weighted by molar-refractivity contribution is 5.91. The van der Waals surface area contributed by atoms with Gasteiger partial charge in [-0.25, -0.2) is 8.78 Å². The smallest absolute Gasteiger partial charge is 0.265 e. The Labute approximate surface area is 110 Å². The molecule has 1 atom stereocenters. The van der Waals surface area contributed by atoms with Crippen LogP contribution in [0.2, 0.25) is 0 Å². The van der Waals surface area contributed by atoms with E-state index < -0.39 is 25.0 Å². The molecule has 0 heterocycles. The SMILES string of the molecule is Cc1ccc(/C=C/C(=O)NCC(O)C(F)F)c(C)c1. The second-order valence-corrected chi connectivity index (χ2v) is 4.34. The van der Waals surface area contributed by atoms with Crippen LogP contribution in [0.1, 0.15) is 16.7 Å². The van der Waals surface area contributed by atoms with Crippen LogP contribution in [-0.2, 0) is 4.79 Å². The van der Waals surface area contributed by atoms with Crippen LogP contribution >= 0.6 is 0 Å². The predicted octanol–water partition coefficient (Wildman–Crippen LogP) is 2.06. The fourth-order valence-electron chi connectivity index (χ4n) is 1.53. The molecule has 1 aromatic carbocycles. The zero-order valence-electron chi connectivity index (χ0n) is 10.9. The van der Waals surface area contributed by atoms with Gasteiger partial charge in [-0.05, 0) is 31.1 Å². The van der Waals surface area contributed by atoms with Crippen molar-refractivity contribution in [2.45, 2.75) is 26.4 Å². The molecule has 19 heavy (non-hydrogen) atoms. The van der Waals surface area contributed by atoms with Crippen molar-refractivity contribution >= 4 is 12.0 Å². The number of alkyl halides is 2. The first-order valence-electron chi connectivity index (χ1n) is 5.89. The van der Waals surface area contributed by atoms with Crippen LogP contribution in [0.4, 0.5) is 8.78 Å². The molecule has 0 saturated carbocycles. The molecule has 0 aromatic heterocycles. The summed E-state index contributed by atoms with van der Waals surface area (Å²) in [6.07, 6.45) is -1.82. The standard InChI is InChI=1S/C14H17F2NO2/c1-9-3-4-11(10(2)7-9)5-6-13(19)17-8-12(18)14(15)16/h3-7,12,14,18H,8H2,1-2H3,(H,17,19)/b6-5+. The minimum atomic E-state index is -2.86. The average Bonchev–Trinajstić information content (AvgIpc) is 2.34. The van der Waals surface area contributed by atoms with E-state index in [1.165, 1.54) is 6.08 Å². The molecular formula is C14H17F2NO2. The van der Waals surface area contributed by atoms with Crippen molar-refractivity contribution in [2.75, 3.05) is 6.54 Å². The van der Waals surface area contributed by atoms with Gasteiger partial charge < -0.3 is 10.4 Å². The van der Waals surface area contributed by atoms with Gasteiger partial charge in [-0.1, -0.05) is 23.8 Å². The molecule has 0 aliphatic heterocycles. The molecule has 0 radical (unpaired) electrons. The van der Waals surface area contributed by atoms with Crippen LogP contribution in [0.25, 0.3) is 6.08 Å². The first-order chi connectivity index (χ1) is 8.90. The summed E-state index contributed by atoms with van der Waals surface area (Å²) in [6.45, 7) is 3.43. The van der Waals surface area contributed by atoms with Gasteiger partial charge in [0.05, 0.1) is 0 Å². The number of benzene rings is 1. The maximum atomic E-state index is 12.0. The molecule has 0 spiro atoms. The lowest BCUT2D eigenvalue weighted by Gasteiger charge is -2.09. The zero-order chi connectivity index (χ0) is 14.4. The number of hydrogen-bond acceptors (Lipinski definition) is 2. The van der Waals surface area contributed by atoms with Crippen molar-refractivity contribution in [1.82, 2.24) is 5.32 Å². The van der Waals surface area contributed by atoms with E-state index in [0.717, 1.165) is 16.7 Å². The van der Waals surface area contributed by atoms with E-state index in [9.17, 15) is 13.6 Å². The van der Waals surface area contributed by atoms with Crippen molar-refractivity contribution < 1.29 is 18.7 Å². The van der Waals surface area contributed by atoms with Crippen LogP contribution in [0.3, 0.4) is 0 Å². The maximum Gasteiger partial charge on any atom is 0.265 e. The highest BCUT2D eigenvalue weighted by Crippen LogP contribution is 2.11. The molecule has 104 valence electrons. The quantitative estimate of drug-likeness (QED) is 0.804. The summed E-state index contributed by atoms with van der Waals surface area (Å²) >= 11 is 0. The summed E-state index contributed by atoms with van der Waals surface area (Å²) in [5.74, 6) is -0.514. The van der Waals surface area contributed by atoms with E-state index in [2.05, 4.69) is 5.32 Å². The minimum Gasteiger partial charge on any atom is -0.385 e. The molecule has 0 aliphatic rings. The van der Waals surface area contributed by atoms with Gasteiger partial charge in [0.1, 0.15) is 6.10 Å². The van der Waals surface area contributed by atoms with Crippen LogP contribution in [0, 0.1) is 13.8 Å². The Morgan fingerprint density at radius 1 is 1.42 bits per heavy atom. The van der Waals surface area contributed by atoms with Gasteiger partial charge in [-0.2, -0.15) is 0 Å². The lowest BCUT2D eigenvalue weighted by Crippen LogP contribution is -2.34. The number of carbonyl (C=O) groups excluding carboxylic acids is 1. The zero-order valence-corrected chi connectivity index (χ0v) is 10.9. The molecule has 1 amide bonds. The van der Waals surface area contributed by atoms with Crippen molar-refractivity contribution in [1.29, 1.82) is 0 Å². The average molecular weight is 269 g/mol. The van der Waals surface area contributed by atoms with E-state index in [4.69, 9.17) is 5.11 Å². The Balaban J connectivity index is 2.54. The number of amides is 1. The second kappa shape index (κ2) is 6.99. The summed E-state index contributed by atoms with van der Waals surface area (Å²) in [6, 6.07) is 5.78. The molecule has 0 aliphatic carbocycles. The third-order valence-electron chi connectivity index (χ3n) is 2.62. The van der Waals surface area contributed by atoms with E-state index >= 15 is 0 Å². The molecule has 2 N–H and O–H groups in total. The fourth-order valence-corrected chi connectivity index (χ4v) is 1.53. The molecule has 0 fully saturated rings. The fraction of sp³-hybridized carbons (Fsp3) is 0.357. The minimum absolute atomic E-state index is 0.465. The Bertz CT molecular complexity index is 473. The van der Waals surface area contributed by atoms with Gasteiger partial charge in [-0.15, -0.1) is 0 Å². The van der Waals surface area contributed by atoms with Gasteiger partial charge in [0.2, 0.25) is 5.91 Å². The van der Waals surface area contributed by atoms with E-state index in [1.807, 2.05) is 32.0 Å². The number of rotatable bonds is 5. The van der Waals surface area contributed by atoms with E-state index in [-0.39, 0.29) is 0 Å². The van der Waals surface area contributed by atoms with Gasteiger partial charge in [0.15, 0.2) is 0 Å². The van der Waals surface area contributed by atoms with Gasteiger partial charge >= 0.3 is 0 Å². The summed E-state index contributed by atoms with van der Waals surface area (Å²) in [5, 5.41) is 11.1. The molecule has 0 saturated heterocycles. The third-order valence-corrected chi connectivity index (χ3v) is 2.62. The molecule has 3 nitrogen and oxygen atoms in total. The highest BCUT2D eigenvalue weighted by Gasteiger charge is 2.16. The van der Waals surface area contributed by atoms with E-state index in [0.29, 0.717) is 0 Å². The number of aliphatic hydroxyl groups is 1. The number of carbonyl (C=O) groups is 1. The molecule has 5 heteroatoms. The Hall–Kier alpha value is -1.75. The van der Waals surface area contributed by atoms with Gasteiger partial charge in [0, 0.05) is 12.6 Å². The summed E-state index contributed by atoms with van der Waals surface area (Å²) in [7, 11) is 0. The lowest BCUT2D eigenvalue weighted by atomic mass is 10.1. The number of aryl methyl sites for hydroxylation is 2. The van der Waals surface area contributed by atoms with Crippen LogP contribution in [-0.4, -0.2) is 30.1 Å². The monoisotopic (exact) mass is 269 g/mol. The largest absolute Gasteiger partial charge is 0.385 e. The summed E-state index contributed by atoms with van der Waals surface area (Å²) < 4.78 is 24.0. The number of nitrogens with one attached hydrogen (secondary N) is 1. The lowest BCUT2D eigenvalue weighted by molar-refractivity contribution is -0.117. The van der Waals surface area contributed by atoms with Crippen LogP contribution in [0.5, 0.6) is 0 Å². The molecular weight excluding hydrogens is 252 g/mol. The Morgan fingerprint density at radius 2 is 2.11 bits per heavy atom. The predicted molar refractivity (Wildman–Crippen MR) is 70.0 cm³/mol. The van der Waals surface area contributed by atoms with Crippen LogP contribution in [0.15, 0.2) is 24.3 Å². The summed E-state index contributed by atoms with van der Waals surface area (Å²) in [4.78, 5) is 11.4. The molecule has 0 bridgehead atoms. The van der Waals surface area contributed by atoms with Crippen molar-refractivity contribution in [3.8, 4) is 0 Å². The van der Waals surface area contributed by atoms with Gasteiger partial charge in [0.25, 0.3) is 6.43 Å². The number of halogens is 2. The van der Waals surface area contributed by atoms with Crippen LogP contribution < -0.4 is 5.32 Å². The normalized spacial score (nSPS) is 12.9. The maximum absolute atomic E-state index is 12.0. The highest BCUT2D eigenvalue weighted by atomic mass is 19.3. The second-order valence-electron chi connectivity index (χ2n) is 4.34. The van der Waals surface area contributed by atoms with E-state index in [1.54, 1.807) is 6.08 Å². The Kier molecular flexibility index (Phi) is 5.63. The van der Waals surface area contributed by atoms with Crippen molar-refractivity contribution in [3.63, 3.8) is 0 Å². The first-order valence-corrected chi connectivity index (χ1v) is 5.89. The van der Waals surface area contributed by atoms with Crippen molar-refractivity contribution in [2.24, 2.45) is 0 Å². The van der Waals surface area contributed by atoms with Gasteiger partial charge in [-0.3, -0.25) is 4.79 Å². The third kappa shape index (κ3) is 5.18. The topological polar surface area (TPSA) is 49.3 Å². The first kappa shape index (κ1) is 15.3. The van der Waals surface area contributed by atoms with Crippen molar-refractivity contribution in [3.05, 3.63) is 41.0 Å². The molecule has 1 unspecified atom stereocenters. The molecule has 1 aromatic rings. The number of aliphatic hydroxyl groups excluding tert-OH is 1.